The minimum Gasteiger partial charge on any atom is -0.370 e. The van der Waals surface area contributed by atoms with Gasteiger partial charge in [-0.3, -0.25) is 24.4 Å². The summed E-state index contributed by atoms with van der Waals surface area (Å²) >= 11 is 1.14. The maximum Gasteiger partial charge on any atom is 0.243 e. The van der Waals surface area contributed by atoms with E-state index in [0.29, 0.717) is 23.1 Å². The molecule has 0 radical (unpaired) electrons. The van der Waals surface area contributed by atoms with Gasteiger partial charge in [-0.05, 0) is 42.0 Å². The zero-order valence-electron chi connectivity index (χ0n) is 26.1. The maximum atomic E-state index is 13.9. The van der Waals surface area contributed by atoms with Crippen molar-refractivity contribution in [2.75, 3.05) is 6.54 Å². The molecule has 2 amide bonds. The summed E-state index contributed by atoms with van der Waals surface area (Å²) in [6.45, 7) is 0.236. The molecular weight excluding hydrogens is 653 g/mol. The molecule has 0 aliphatic carbocycles. The minimum atomic E-state index is -3.99. The molecule has 13 nitrogen and oxygen atoms in total. The Bertz CT molecular complexity index is 1750. The number of carbonyl (C=O) groups excluding carboxylic acids is 3. The van der Waals surface area contributed by atoms with Crippen molar-refractivity contribution < 1.29 is 22.8 Å². The third-order valence-corrected chi connectivity index (χ3v) is 9.28. The van der Waals surface area contributed by atoms with Crippen LogP contribution in [0.25, 0.3) is 0 Å². The molecule has 0 saturated carbocycles. The molecule has 2 heterocycles. The number of hydrogen-bond donors (Lipinski definition) is 5. The van der Waals surface area contributed by atoms with E-state index < -0.39 is 45.7 Å². The lowest BCUT2D eigenvalue weighted by Crippen LogP contribution is -2.57. The predicted molar refractivity (Wildman–Crippen MR) is 184 cm³/mol. The number of nitrogens with one attached hydrogen (secondary N) is 3. The minimum absolute atomic E-state index is 0.0202. The van der Waals surface area contributed by atoms with E-state index in [0.717, 1.165) is 11.3 Å². The second-order valence-electron chi connectivity index (χ2n) is 10.9. The van der Waals surface area contributed by atoms with Gasteiger partial charge in [-0.1, -0.05) is 66.7 Å². The molecule has 3 atom stereocenters. The van der Waals surface area contributed by atoms with E-state index in [1.165, 1.54) is 6.20 Å². The van der Waals surface area contributed by atoms with Crippen molar-refractivity contribution >= 4 is 44.9 Å². The average molecular weight is 691 g/mol. The summed E-state index contributed by atoms with van der Waals surface area (Å²) in [5.74, 6) is -2.19. The number of guanidine groups is 1. The van der Waals surface area contributed by atoms with Gasteiger partial charge in [-0.2, -0.15) is 0 Å². The van der Waals surface area contributed by atoms with E-state index in [1.807, 2.05) is 6.07 Å². The van der Waals surface area contributed by atoms with E-state index >= 15 is 0 Å². The Morgan fingerprint density at radius 2 is 1.42 bits per heavy atom. The number of aliphatic imine (C=N–C) groups is 1. The molecule has 0 spiro atoms. The molecule has 252 valence electrons. The van der Waals surface area contributed by atoms with Gasteiger partial charge in [0.25, 0.3) is 0 Å². The van der Waals surface area contributed by atoms with Crippen LogP contribution in [-0.4, -0.2) is 66.6 Å². The van der Waals surface area contributed by atoms with Gasteiger partial charge >= 0.3 is 0 Å². The lowest BCUT2D eigenvalue weighted by Gasteiger charge is -2.25. The van der Waals surface area contributed by atoms with Gasteiger partial charge in [0, 0.05) is 36.9 Å². The highest BCUT2D eigenvalue weighted by molar-refractivity contribution is 7.88. The van der Waals surface area contributed by atoms with Crippen LogP contribution in [0, 0.1) is 0 Å². The highest BCUT2D eigenvalue weighted by Crippen LogP contribution is 2.14. The number of ketones is 1. The molecule has 4 aromatic rings. The number of thiazole rings is 1. The average Bonchev–Trinajstić information content (AvgIpc) is 3.61. The molecule has 0 saturated heterocycles. The van der Waals surface area contributed by atoms with E-state index in [-0.39, 0.29) is 42.5 Å². The third kappa shape index (κ3) is 11.7. The molecule has 0 aliphatic heterocycles. The van der Waals surface area contributed by atoms with Crippen molar-refractivity contribution in [2.24, 2.45) is 16.5 Å². The molecule has 2 aromatic heterocycles. The Kier molecular flexibility index (Phi) is 13.3. The van der Waals surface area contributed by atoms with Crippen LogP contribution in [0.5, 0.6) is 0 Å². The summed E-state index contributed by atoms with van der Waals surface area (Å²) in [6.07, 6.45) is 5.25. The monoisotopic (exact) mass is 690 g/mol. The second-order valence-corrected chi connectivity index (χ2v) is 13.6. The van der Waals surface area contributed by atoms with Crippen molar-refractivity contribution in [1.29, 1.82) is 0 Å². The highest BCUT2D eigenvalue weighted by Gasteiger charge is 2.32. The lowest BCUT2D eigenvalue weighted by molar-refractivity contribution is -0.130. The summed E-state index contributed by atoms with van der Waals surface area (Å²) in [7, 11) is -3.99. The fourth-order valence-electron chi connectivity index (χ4n) is 4.86. The van der Waals surface area contributed by atoms with E-state index in [2.05, 4.69) is 30.3 Å². The molecular formula is C33H38N8O5S2. The van der Waals surface area contributed by atoms with Gasteiger partial charge in [0.15, 0.2) is 11.0 Å². The molecule has 15 heteroatoms. The molecule has 2 aromatic carbocycles. The van der Waals surface area contributed by atoms with Crippen LogP contribution in [0.1, 0.15) is 39.3 Å². The van der Waals surface area contributed by atoms with Crippen molar-refractivity contribution in [3.8, 4) is 0 Å². The first-order chi connectivity index (χ1) is 23.1. The zero-order valence-corrected chi connectivity index (χ0v) is 27.7. The molecule has 0 aliphatic rings. The number of aromatic nitrogens is 2. The number of nitrogens with two attached hydrogens (primary N) is 2. The normalized spacial score (nSPS) is 13.1. The number of pyridine rings is 1. The van der Waals surface area contributed by atoms with Gasteiger partial charge in [0.1, 0.15) is 12.1 Å². The van der Waals surface area contributed by atoms with Crippen LogP contribution >= 0.6 is 11.3 Å². The first-order valence-corrected chi connectivity index (χ1v) is 17.7. The summed E-state index contributed by atoms with van der Waals surface area (Å²) in [5, 5.41) is 7.40. The SMILES string of the molecule is NC(N)=NCCC[C@H](NC(=O)[C@H](Cc1cccnc1)NC(=O)[C@@H](Cc1ccccc1)NS(=O)(=O)Cc1ccccc1)C(=O)c1nccs1. The van der Waals surface area contributed by atoms with E-state index in [4.69, 9.17) is 11.5 Å². The summed E-state index contributed by atoms with van der Waals surface area (Å²) in [6, 6.07) is 17.6. The molecule has 0 unspecified atom stereocenters. The Morgan fingerprint density at radius 1 is 0.792 bits per heavy atom. The number of hydrogen-bond acceptors (Lipinski definition) is 9. The Morgan fingerprint density at radius 3 is 2.04 bits per heavy atom. The highest BCUT2D eigenvalue weighted by atomic mass is 32.2. The molecule has 7 N–H and O–H groups in total. The number of rotatable bonds is 18. The van der Waals surface area contributed by atoms with Crippen molar-refractivity contribution in [3.05, 3.63) is 118 Å². The maximum absolute atomic E-state index is 13.9. The first-order valence-electron chi connectivity index (χ1n) is 15.2. The number of amides is 2. The van der Waals surface area contributed by atoms with Gasteiger partial charge in [0.2, 0.25) is 27.6 Å². The number of Topliss-reactive ketones (excluding diaryl/α,β-unsaturated/α-hetero) is 1. The van der Waals surface area contributed by atoms with Gasteiger partial charge < -0.3 is 22.1 Å². The second kappa shape index (κ2) is 17.8. The zero-order chi connectivity index (χ0) is 34.4. The topological polar surface area (TPSA) is 212 Å². The lowest BCUT2D eigenvalue weighted by atomic mass is 10.0. The largest absolute Gasteiger partial charge is 0.370 e. The van der Waals surface area contributed by atoms with Gasteiger partial charge in [-0.25, -0.2) is 18.1 Å². The van der Waals surface area contributed by atoms with E-state index in [1.54, 1.807) is 84.5 Å². The van der Waals surface area contributed by atoms with Crippen LogP contribution in [0.2, 0.25) is 0 Å². The Hall–Kier alpha value is -4.99. The van der Waals surface area contributed by atoms with Crippen LogP contribution < -0.4 is 26.8 Å². The van der Waals surface area contributed by atoms with Crippen LogP contribution in [0.3, 0.4) is 0 Å². The summed E-state index contributed by atoms with van der Waals surface area (Å²) < 4.78 is 29.1. The fraction of sp³-hybridized carbons (Fsp3) is 0.273. The number of sulfonamides is 1. The number of nitrogens with zero attached hydrogens (tertiary/aromatic N) is 3. The molecule has 0 bridgehead atoms. The van der Waals surface area contributed by atoms with Crippen molar-refractivity contribution in [2.45, 2.75) is 49.6 Å². The van der Waals surface area contributed by atoms with Crippen LogP contribution in [0.4, 0.5) is 0 Å². The smallest absolute Gasteiger partial charge is 0.243 e. The number of carbonyl (C=O) groups is 3. The van der Waals surface area contributed by atoms with Gasteiger partial charge in [-0.15, -0.1) is 11.3 Å². The fourth-order valence-corrected chi connectivity index (χ4v) is 6.83. The van der Waals surface area contributed by atoms with E-state index in [9.17, 15) is 22.8 Å². The standard InChI is InChI=1S/C33H38N8O5S2/c34-33(35)38-16-8-14-26(29(42)32-37-17-18-47-32)39-30(43)27(20-25-13-7-15-36-21-25)40-31(44)28(19-23-9-3-1-4-10-23)41-48(45,46)22-24-11-5-2-6-12-24/h1-7,9-13,15,17-18,21,26-28,41H,8,14,16,19-20,22H2,(H,39,43)(H,40,44)(H4,34,35,38)/t26-,27-,28+/m0/s1. The Balaban J connectivity index is 1.58. The van der Waals surface area contributed by atoms with Crippen LogP contribution in [0.15, 0.2) is 102 Å². The quantitative estimate of drug-likeness (QED) is 0.0445. The first kappa shape index (κ1) is 35.9. The summed E-state index contributed by atoms with van der Waals surface area (Å²) in [5.41, 5.74) is 12.8. The van der Waals surface area contributed by atoms with Gasteiger partial charge in [0.05, 0.1) is 11.8 Å². The molecule has 48 heavy (non-hydrogen) atoms. The molecule has 0 fully saturated rings. The van der Waals surface area contributed by atoms with Crippen LogP contribution in [-0.2, 0) is 38.2 Å². The summed E-state index contributed by atoms with van der Waals surface area (Å²) in [4.78, 5) is 53.3. The van der Waals surface area contributed by atoms with Crippen molar-refractivity contribution in [1.82, 2.24) is 25.3 Å². The third-order valence-electron chi connectivity index (χ3n) is 7.14. The Labute approximate surface area is 283 Å². The molecule has 4 rings (SSSR count). The number of benzene rings is 2. The van der Waals surface area contributed by atoms with Crippen molar-refractivity contribution in [3.63, 3.8) is 0 Å². The predicted octanol–water partition coefficient (Wildman–Crippen LogP) is 1.72.